The fraction of sp³-hybridized carbons (Fsp3) is 0.367. The number of aromatic nitrogens is 1. The van der Waals surface area contributed by atoms with Crippen molar-refractivity contribution in [3.8, 4) is 17.0 Å². The number of ether oxygens (including phenoxy) is 1. The van der Waals surface area contributed by atoms with Gasteiger partial charge < -0.3 is 4.74 Å². The van der Waals surface area contributed by atoms with Gasteiger partial charge in [-0.25, -0.2) is 0 Å². The van der Waals surface area contributed by atoms with Crippen molar-refractivity contribution < 1.29 is 17.9 Å². The second-order valence-electron chi connectivity index (χ2n) is 9.49. The zero-order valence-electron chi connectivity index (χ0n) is 20.8. The first kappa shape index (κ1) is 25.0. The largest absolute Gasteiger partial charge is 0.493 e. The molecule has 0 radical (unpaired) electrons. The van der Waals surface area contributed by atoms with Crippen LogP contribution in [-0.2, 0) is 6.18 Å². The average molecular weight is 480 g/mol. The molecule has 0 saturated heterocycles. The summed E-state index contributed by atoms with van der Waals surface area (Å²) >= 11 is 0. The second kappa shape index (κ2) is 10.3. The van der Waals surface area contributed by atoms with Crippen LogP contribution in [0, 0.1) is 19.8 Å². The van der Waals surface area contributed by atoms with E-state index in [2.05, 4.69) is 37.0 Å². The molecule has 0 N–H and O–H groups in total. The van der Waals surface area contributed by atoms with E-state index in [4.69, 9.17) is 4.74 Å². The highest BCUT2D eigenvalue weighted by Crippen LogP contribution is 2.41. The standard InChI is InChI=1S/C30H32F3NO/c1-5-7-8-21(6-2)18-35-28-16-22-9-10-25-24(26(22)17-27(28)30(31,32)33)11-12-34-29(25)23-14-19(3)13-20(4)15-23/h9-17,21H,5-8,18H2,1-4H3. The molecule has 0 fully saturated rings. The van der Waals surface area contributed by atoms with Crippen LogP contribution in [0.25, 0.3) is 32.8 Å². The summed E-state index contributed by atoms with van der Waals surface area (Å²) < 4.78 is 48.2. The van der Waals surface area contributed by atoms with E-state index in [0.717, 1.165) is 64.2 Å². The van der Waals surface area contributed by atoms with Gasteiger partial charge in [0.05, 0.1) is 17.9 Å². The summed E-state index contributed by atoms with van der Waals surface area (Å²) in [5, 5.41) is 2.85. The summed E-state index contributed by atoms with van der Waals surface area (Å²) in [6.07, 6.45) is 1.11. The average Bonchev–Trinajstić information content (AvgIpc) is 2.81. The van der Waals surface area contributed by atoms with E-state index in [-0.39, 0.29) is 11.7 Å². The molecule has 4 rings (SSSR count). The van der Waals surface area contributed by atoms with Crippen LogP contribution in [-0.4, -0.2) is 11.6 Å². The molecule has 5 heteroatoms. The van der Waals surface area contributed by atoms with Crippen molar-refractivity contribution >= 4 is 21.5 Å². The van der Waals surface area contributed by atoms with Gasteiger partial charge in [0.25, 0.3) is 0 Å². The van der Waals surface area contributed by atoms with E-state index in [1.165, 1.54) is 6.07 Å². The molecule has 35 heavy (non-hydrogen) atoms. The van der Waals surface area contributed by atoms with E-state index in [1.807, 2.05) is 26.0 Å². The Bertz CT molecular complexity index is 1320. The first-order chi connectivity index (χ1) is 16.7. The van der Waals surface area contributed by atoms with Crippen LogP contribution < -0.4 is 4.74 Å². The third-order valence-corrected chi connectivity index (χ3v) is 6.68. The highest BCUT2D eigenvalue weighted by atomic mass is 19.4. The Hall–Kier alpha value is -3.08. The van der Waals surface area contributed by atoms with Crippen LogP contribution in [0.15, 0.2) is 54.7 Å². The monoisotopic (exact) mass is 479 g/mol. The Morgan fingerprint density at radius 3 is 2.29 bits per heavy atom. The van der Waals surface area contributed by atoms with Gasteiger partial charge in [-0.2, -0.15) is 13.2 Å². The number of hydrogen-bond donors (Lipinski definition) is 0. The first-order valence-electron chi connectivity index (χ1n) is 12.3. The number of benzene rings is 3. The van der Waals surface area contributed by atoms with Crippen LogP contribution in [0.5, 0.6) is 5.75 Å². The Labute approximate surface area is 205 Å². The van der Waals surface area contributed by atoms with Crippen molar-refractivity contribution in [3.63, 3.8) is 0 Å². The third-order valence-electron chi connectivity index (χ3n) is 6.68. The number of nitrogens with zero attached hydrogens (tertiary/aromatic N) is 1. The molecule has 1 atom stereocenters. The van der Waals surface area contributed by atoms with Crippen molar-refractivity contribution in [1.29, 1.82) is 0 Å². The molecule has 0 bridgehead atoms. The van der Waals surface area contributed by atoms with E-state index >= 15 is 0 Å². The zero-order chi connectivity index (χ0) is 25.2. The van der Waals surface area contributed by atoms with Crippen LogP contribution in [0.1, 0.15) is 56.2 Å². The maximum atomic E-state index is 14.1. The molecule has 0 saturated carbocycles. The van der Waals surface area contributed by atoms with Crippen LogP contribution in [0.4, 0.5) is 13.2 Å². The van der Waals surface area contributed by atoms with Gasteiger partial charge >= 0.3 is 6.18 Å². The van der Waals surface area contributed by atoms with Gasteiger partial charge in [0.2, 0.25) is 0 Å². The molecule has 0 aliphatic rings. The molecule has 1 heterocycles. The van der Waals surface area contributed by atoms with E-state index in [0.29, 0.717) is 12.0 Å². The number of alkyl halides is 3. The highest BCUT2D eigenvalue weighted by Gasteiger charge is 2.35. The molecule has 1 aromatic heterocycles. The van der Waals surface area contributed by atoms with Crippen LogP contribution in [0.3, 0.4) is 0 Å². The van der Waals surface area contributed by atoms with Gasteiger partial charge in [-0.15, -0.1) is 0 Å². The first-order valence-corrected chi connectivity index (χ1v) is 12.3. The number of rotatable bonds is 8. The predicted octanol–water partition coefficient (Wildman–Crippen LogP) is 9.29. The lowest BCUT2D eigenvalue weighted by Gasteiger charge is -2.20. The van der Waals surface area contributed by atoms with Crippen molar-refractivity contribution in [2.45, 2.75) is 59.6 Å². The van der Waals surface area contributed by atoms with Crippen LogP contribution >= 0.6 is 0 Å². The normalized spacial score (nSPS) is 12.9. The fourth-order valence-electron chi connectivity index (χ4n) is 4.80. The minimum atomic E-state index is -4.51. The minimum absolute atomic E-state index is 0.0945. The molecule has 0 aliphatic carbocycles. The third kappa shape index (κ3) is 5.44. The number of unbranched alkanes of at least 4 members (excludes halogenated alkanes) is 1. The minimum Gasteiger partial charge on any atom is -0.493 e. The number of fused-ring (bicyclic) bond motifs is 3. The fourth-order valence-corrected chi connectivity index (χ4v) is 4.80. The lowest BCUT2D eigenvalue weighted by atomic mass is 9.95. The summed E-state index contributed by atoms with van der Waals surface area (Å²) in [5.41, 5.74) is 3.23. The van der Waals surface area contributed by atoms with Gasteiger partial charge in [0.1, 0.15) is 5.75 Å². The van der Waals surface area contributed by atoms with Gasteiger partial charge in [-0.3, -0.25) is 4.98 Å². The summed E-state index contributed by atoms with van der Waals surface area (Å²) in [6.45, 7) is 8.52. The summed E-state index contributed by atoms with van der Waals surface area (Å²) in [5.74, 6) is 0.151. The van der Waals surface area contributed by atoms with Gasteiger partial charge in [0, 0.05) is 17.1 Å². The molecule has 1 unspecified atom stereocenters. The highest BCUT2D eigenvalue weighted by molar-refractivity contribution is 6.11. The van der Waals surface area contributed by atoms with Crippen molar-refractivity contribution in [1.82, 2.24) is 4.98 Å². The van der Waals surface area contributed by atoms with E-state index in [1.54, 1.807) is 18.3 Å². The molecule has 0 amide bonds. The number of pyridine rings is 1. The predicted molar refractivity (Wildman–Crippen MR) is 138 cm³/mol. The molecular weight excluding hydrogens is 447 g/mol. The topological polar surface area (TPSA) is 22.1 Å². The van der Waals surface area contributed by atoms with Crippen LogP contribution in [0.2, 0.25) is 0 Å². The molecule has 4 aromatic rings. The molecule has 0 aliphatic heterocycles. The number of hydrogen-bond acceptors (Lipinski definition) is 2. The molecule has 3 aromatic carbocycles. The molecule has 0 spiro atoms. The zero-order valence-corrected chi connectivity index (χ0v) is 20.8. The summed E-state index contributed by atoms with van der Waals surface area (Å²) in [4.78, 5) is 4.59. The maximum Gasteiger partial charge on any atom is 0.419 e. The van der Waals surface area contributed by atoms with Crippen molar-refractivity contribution in [3.05, 3.63) is 71.4 Å². The SMILES string of the molecule is CCCCC(CC)COc1cc2ccc3c(-c4cc(C)cc(C)c4)nccc3c2cc1C(F)(F)F. The second-order valence-corrected chi connectivity index (χ2v) is 9.49. The Balaban J connectivity index is 1.83. The quantitative estimate of drug-likeness (QED) is 0.235. The number of halogens is 3. The van der Waals surface area contributed by atoms with Gasteiger partial charge in [-0.1, -0.05) is 62.4 Å². The van der Waals surface area contributed by atoms with E-state index < -0.39 is 11.7 Å². The Kier molecular flexibility index (Phi) is 7.34. The Morgan fingerprint density at radius 1 is 0.886 bits per heavy atom. The lowest BCUT2D eigenvalue weighted by Crippen LogP contribution is -2.15. The lowest BCUT2D eigenvalue weighted by molar-refractivity contribution is -0.138. The molecular formula is C30H32F3NO. The molecule has 184 valence electrons. The van der Waals surface area contributed by atoms with Crippen molar-refractivity contribution in [2.24, 2.45) is 5.92 Å². The Morgan fingerprint density at radius 2 is 1.63 bits per heavy atom. The molecule has 2 nitrogen and oxygen atoms in total. The van der Waals surface area contributed by atoms with Crippen molar-refractivity contribution in [2.75, 3.05) is 6.61 Å². The van der Waals surface area contributed by atoms with Gasteiger partial charge in [-0.05, 0) is 72.7 Å². The van der Waals surface area contributed by atoms with E-state index in [9.17, 15) is 13.2 Å². The van der Waals surface area contributed by atoms with Gasteiger partial charge in [0.15, 0.2) is 0 Å². The maximum absolute atomic E-state index is 14.1. The summed E-state index contributed by atoms with van der Waals surface area (Å²) in [7, 11) is 0. The number of aryl methyl sites for hydroxylation is 2. The smallest absolute Gasteiger partial charge is 0.419 e. The summed E-state index contributed by atoms with van der Waals surface area (Å²) in [6, 6.07) is 14.6.